The first kappa shape index (κ1) is 23.0. The predicted octanol–water partition coefficient (Wildman–Crippen LogP) is 4.25. The zero-order valence-corrected chi connectivity index (χ0v) is 18.6. The third kappa shape index (κ3) is 4.38. The summed E-state index contributed by atoms with van der Waals surface area (Å²) in [7, 11) is 1.53. The van der Waals surface area contributed by atoms with E-state index < -0.39 is 35.5 Å². The second-order valence-electron chi connectivity index (χ2n) is 7.16. The van der Waals surface area contributed by atoms with Crippen LogP contribution in [0.2, 0.25) is 0 Å². The lowest BCUT2D eigenvalue weighted by molar-refractivity contribution is -0.137. The van der Waals surface area contributed by atoms with E-state index in [9.17, 15) is 27.6 Å². The van der Waals surface area contributed by atoms with Crippen molar-refractivity contribution >= 4 is 57.8 Å². The second-order valence-corrected chi connectivity index (χ2v) is 8.84. The fourth-order valence-corrected chi connectivity index (χ4v) is 4.87. The molecule has 1 unspecified atom stereocenters. The van der Waals surface area contributed by atoms with E-state index in [4.69, 9.17) is 17.0 Å². The Balaban J connectivity index is 1.59. The van der Waals surface area contributed by atoms with Crippen molar-refractivity contribution in [1.82, 2.24) is 4.90 Å². The molecule has 2 saturated heterocycles. The molecule has 2 aromatic carbocycles. The zero-order valence-electron chi connectivity index (χ0n) is 17.0. The lowest BCUT2D eigenvalue weighted by Crippen LogP contribution is -2.44. The van der Waals surface area contributed by atoms with Crippen LogP contribution in [0.15, 0.2) is 53.4 Å². The number of hydrogen-bond acceptors (Lipinski definition) is 6. The van der Waals surface area contributed by atoms with Gasteiger partial charge in [-0.05, 0) is 42.0 Å². The Morgan fingerprint density at radius 2 is 1.82 bits per heavy atom. The summed E-state index contributed by atoms with van der Waals surface area (Å²) in [5, 5.41) is 0. The number of alkyl halides is 3. The lowest BCUT2D eigenvalue weighted by atomic mass is 10.1. The number of thioether (sulfide) groups is 1. The number of carbonyl (C=O) groups excluding carboxylic acids is 3. The van der Waals surface area contributed by atoms with Crippen LogP contribution in [0.25, 0.3) is 6.08 Å². The number of nitrogens with zero attached hydrogens (tertiary/aromatic N) is 2. The molecule has 2 aromatic rings. The Kier molecular flexibility index (Phi) is 6.02. The number of thiocarbonyl (C=S) groups is 1. The molecule has 0 spiro atoms. The molecule has 2 aliphatic heterocycles. The average molecular weight is 493 g/mol. The predicted molar refractivity (Wildman–Crippen MR) is 120 cm³/mol. The Labute approximate surface area is 196 Å². The molecule has 0 bridgehead atoms. The van der Waals surface area contributed by atoms with Crippen molar-refractivity contribution in [1.29, 1.82) is 0 Å². The van der Waals surface area contributed by atoms with Gasteiger partial charge in [-0.3, -0.25) is 19.3 Å². The molecule has 0 N–H and O–H groups in total. The van der Waals surface area contributed by atoms with Gasteiger partial charge in [-0.2, -0.15) is 13.2 Å². The largest absolute Gasteiger partial charge is 0.497 e. The van der Waals surface area contributed by atoms with Crippen molar-refractivity contribution in [3.63, 3.8) is 0 Å². The van der Waals surface area contributed by atoms with Gasteiger partial charge in [0, 0.05) is 0 Å². The first-order valence-corrected chi connectivity index (χ1v) is 10.8. The third-order valence-corrected chi connectivity index (χ3v) is 6.43. The van der Waals surface area contributed by atoms with E-state index in [2.05, 4.69) is 0 Å². The summed E-state index contributed by atoms with van der Waals surface area (Å²) in [5.74, 6) is -1.42. The van der Waals surface area contributed by atoms with Crippen LogP contribution in [-0.4, -0.2) is 40.1 Å². The fourth-order valence-electron chi connectivity index (χ4n) is 3.51. The minimum atomic E-state index is -4.63. The maximum Gasteiger partial charge on any atom is 0.416 e. The first-order valence-electron chi connectivity index (χ1n) is 9.55. The number of carbonyl (C=O) groups is 3. The molecule has 33 heavy (non-hydrogen) atoms. The van der Waals surface area contributed by atoms with E-state index in [1.54, 1.807) is 30.3 Å². The number of halogens is 3. The molecule has 3 amide bonds. The molecule has 0 aliphatic carbocycles. The van der Waals surface area contributed by atoms with Gasteiger partial charge in [-0.15, -0.1) is 0 Å². The highest BCUT2D eigenvalue weighted by Gasteiger charge is 2.49. The van der Waals surface area contributed by atoms with Gasteiger partial charge in [0.1, 0.15) is 16.1 Å². The molecule has 0 aromatic heterocycles. The van der Waals surface area contributed by atoms with Crippen molar-refractivity contribution in [2.45, 2.75) is 18.6 Å². The number of hydrogen-bond donors (Lipinski definition) is 0. The highest BCUT2D eigenvalue weighted by atomic mass is 32.2. The Hall–Kier alpha value is -3.18. The smallest absolute Gasteiger partial charge is 0.416 e. The molecule has 170 valence electrons. The van der Waals surface area contributed by atoms with Crippen LogP contribution in [0, 0.1) is 0 Å². The lowest BCUT2D eigenvalue weighted by Gasteiger charge is -2.21. The van der Waals surface area contributed by atoms with Gasteiger partial charge >= 0.3 is 6.18 Å². The van der Waals surface area contributed by atoms with E-state index in [1.165, 1.54) is 13.2 Å². The highest BCUT2D eigenvalue weighted by Crippen LogP contribution is 2.38. The van der Waals surface area contributed by atoms with Crippen LogP contribution in [0.5, 0.6) is 5.75 Å². The molecule has 2 aliphatic rings. The molecule has 2 fully saturated rings. The van der Waals surface area contributed by atoms with Gasteiger partial charge in [0.05, 0.1) is 29.7 Å². The molecule has 1 atom stereocenters. The quantitative estimate of drug-likeness (QED) is 0.361. The van der Waals surface area contributed by atoms with Crippen molar-refractivity contribution in [3.8, 4) is 5.75 Å². The summed E-state index contributed by atoms with van der Waals surface area (Å²) in [6, 6.07) is 9.63. The average Bonchev–Trinajstić information content (AvgIpc) is 3.21. The van der Waals surface area contributed by atoms with Crippen LogP contribution in [0.1, 0.15) is 17.5 Å². The van der Waals surface area contributed by atoms with Crippen molar-refractivity contribution in [2.75, 3.05) is 12.0 Å². The van der Waals surface area contributed by atoms with E-state index in [-0.39, 0.29) is 21.3 Å². The maximum absolute atomic E-state index is 13.1. The molecular formula is C22H15F3N2O4S2. The van der Waals surface area contributed by atoms with E-state index >= 15 is 0 Å². The number of ether oxygens (including phenoxy) is 1. The van der Waals surface area contributed by atoms with Crippen molar-refractivity contribution in [3.05, 3.63) is 64.6 Å². The summed E-state index contributed by atoms with van der Waals surface area (Å²) in [5.41, 5.74) is -0.491. The van der Waals surface area contributed by atoms with E-state index in [1.807, 2.05) is 0 Å². The standard InChI is InChI=1S/C22H15F3N2O4S2/c1-31-15-7-5-12(6-8-15)9-17-20(30)27(21(32)33-17)16-11-18(28)26(19(16)29)14-4-2-3-13(10-14)22(23,24)25/h2-10,16H,11H2,1H3. The number of imide groups is 1. The minimum Gasteiger partial charge on any atom is -0.497 e. The van der Waals surface area contributed by atoms with E-state index in [0.717, 1.165) is 34.9 Å². The van der Waals surface area contributed by atoms with Gasteiger partial charge < -0.3 is 4.74 Å². The SMILES string of the molecule is COc1ccc(C=C2SC(=S)N(C3CC(=O)N(c4cccc(C(F)(F)F)c4)C3=O)C2=O)cc1. The number of methoxy groups -OCH3 is 1. The van der Waals surface area contributed by atoms with Gasteiger partial charge in [0.2, 0.25) is 5.91 Å². The van der Waals surface area contributed by atoms with E-state index in [0.29, 0.717) is 16.2 Å². The summed E-state index contributed by atoms with van der Waals surface area (Å²) < 4.78 is 44.4. The molecule has 0 radical (unpaired) electrons. The molecular weight excluding hydrogens is 477 g/mol. The van der Waals surface area contributed by atoms with Crippen LogP contribution in [-0.2, 0) is 20.6 Å². The summed E-state index contributed by atoms with van der Waals surface area (Å²) >= 11 is 6.27. The first-order chi connectivity index (χ1) is 15.6. The van der Waals surface area contributed by atoms with Gasteiger partial charge in [-0.1, -0.05) is 42.2 Å². The second kappa shape index (κ2) is 8.64. The van der Waals surface area contributed by atoms with Crippen LogP contribution in [0.4, 0.5) is 18.9 Å². The minimum absolute atomic E-state index is 0.0943. The monoisotopic (exact) mass is 492 g/mol. The number of benzene rings is 2. The van der Waals surface area contributed by atoms with Crippen molar-refractivity contribution < 1.29 is 32.3 Å². The van der Waals surface area contributed by atoms with Gasteiger partial charge in [0.15, 0.2) is 0 Å². The molecule has 6 nitrogen and oxygen atoms in total. The number of rotatable bonds is 4. The fraction of sp³-hybridized carbons (Fsp3) is 0.182. The van der Waals surface area contributed by atoms with Crippen LogP contribution < -0.4 is 9.64 Å². The van der Waals surface area contributed by atoms with Gasteiger partial charge in [0.25, 0.3) is 11.8 Å². The number of amides is 3. The molecule has 11 heteroatoms. The Bertz CT molecular complexity index is 1190. The number of anilines is 1. The maximum atomic E-state index is 13.1. The highest BCUT2D eigenvalue weighted by molar-refractivity contribution is 8.26. The Morgan fingerprint density at radius 1 is 1.12 bits per heavy atom. The topological polar surface area (TPSA) is 66.9 Å². The van der Waals surface area contributed by atoms with Crippen LogP contribution >= 0.6 is 24.0 Å². The van der Waals surface area contributed by atoms with Crippen LogP contribution in [0.3, 0.4) is 0 Å². The molecule has 2 heterocycles. The summed E-state index contributed by atoms with van der Waals surface area (Å²) in [6.45, 7) is 0. The third-order valence-electron chi connectivity index (χ3n) is 5.10. The van der Waals surface area contributed by atoms with Gasteiger partial charge in [-0.25, -0.2) is 4.90 Å². The Morgan fingerprint density at radius 3 is 2.45 bits per heavy atom. The summed E-state index contributed by atoms with van der Waals surface area (Å²) in [6.07, 6.45) is -3.41. The molecule has 0 saturated carbocycles. The zero-order chi connectivity index (χ0) is 23.9. The normalized spacial score (nSPS) is 20.4. The van der Waals surface area contributed by atoms with Crippen molar-refractivity contribution in [2.24, 2.45) is 0 Å². The summed E-state index contributed by atoms with van der Waals surface area (Å²) in [4.78, 5) is 40.6. The molecule has 4 rings (SSSR count).